The molecule has 1 aliphatic heterocycles. The van der Waals surface area contributed by atoms with Gasteiger partial charge in [0.1, 0.15) is 17.9 Å². The fraction of sp³-hybridized carbons (Fsp3) is 0.294. The molecule has 1 aromatic carbocycles. The summed E-state index contributed by atoms with van der Waals surface area (Å²) in [6, 6.07) is 0. The van der Waals surface area contributed by atoms with Gasteiger partial charge in [-0.15, -0.1) is 0 Å². The fourth-order valence-corrected chi connectivity index (χ4v) is 3.28. The number of rotatable bonds is 6. The Bertz CT molecular complexity index is 1090. The number of nitrogens with two attached hydrogens (primary N) is 1. The summed E-state index contributed by atoms with van der Waals surface area (Å²) in [5.41, 5.74) is 4.63. The van der Waals surface area contributed by atoms with Gasteiger partial charge in [0.25, 0.3) is 0 Å². The highest BCUT2D eigenvalue weighted by atomic mass is 19.1. The first-order chi connectivity index (χ1) is 13.0. The number of aromatic amines is 1. The summed E-state index contributed by atoms with van der Waals surface area (Å²) in [5.74, 6) is -2.01. The second kappa shape index (κ2) is 6.38. The van der Waals surface area contributed by atoms with Crippen LogP contribution in [0.1, 0.15) is 16.8 Å². The predicted octanol–water partition coefficient (Wildman–Crippen LogP) is 1.45. The Morgan fingerprint density at radius 3 is 2.93 bits per heavy atom. The molecule has 4 rings (SSSR count). The lowest BCUT2D eigenvalue weighted by molar-refractivity contribution is 0.0694. The van der Waals surface area contributed by atoms with Gasteiger partial charge in [-0.2, -0.15) is 0 Å². The van der Waals surface area contributed by atoms with Crippen LogP contribution >= 0.6 is 0 Å². The number of carbonyl (C=O) groups is 1. The fourth-order valence-electron chi connectivity index (χ4n) is 3.28. The highest BCUT2D eigenvalue weighted by molar-refractivity contribution is 6.03. The van der Waals surface area contributed by atoms with Crippen molar-refractivity contribution in [2.75, 3.05) is 24.2 Å². The van der Waals surface area contributed by atoms with Crippen molar-refractivity contribution >= 4 is 28.2 Å². The maximum absolute atomic E-state index is 14.9. The van der Waals surface area contributed by atoms with Gasteiger partial charge >= 0.3 is 5.97 Å². The number of anilines is 2. The molecule has 0 radical (unpaired) electrons. The number of halogens is 1. The number of nitrogens with one attached hydrogen (secondary N) is 2. The van der Waals surface area contributed by atoms with E-state index in [1.165, 1.54) is 6.20 Å². The Morgan fingerprint density at radius 2 is 2.26 bits per heavy atom. The lowest BCUT2D eigenvalue weighted by Crippen LogP contribution is -2.26. The van der Waals surface area contributed by atoms with Gasteiger partial charge in [-0.1, -0.05) is 0 Å². The van der Waals surface area contributed by atoms with Gasteiger partial charge in [0, 0.05) is 31.7 Å². The second-order valence-corrected chi connectivity index (χ2v) is 6.29. The van der Waals surface area contributed by atoms with Crippen molar-refractivity contribution in [3.63, 3.8) is 0 Å². The number of hydrogen-bond acceptors (Lipinski definition) is 5. The maximum Gasteiger partial charge on any atom is 0.341 e. The molecule has 10 heteroatoms. The van der Waals surface area contributed by atoms with Gasteiger partial charge in [-0.05, 0) is 6.42 Å². The zero-order valence-corrected chi connectivity index (χ0v) is 14.3. The number of carboxylic acids is 1. The van der Waals surface area contributed by atoms with Crippen molar-refractivity contribution in [3.05, 3.63) is 40.2 Å². The Kier molecular flexibility index (Phi) is 4.02. The highest BCUT2D eigenvalue weighted by Crippen LogP contribution is 2.41. The van der Waals surface area contributed by atoms with E-state index in [1.807, 2.05) is 10.9 Å². The summed E-state index contributed by atoms with van der Waals surface area (Å²) < 4.78 is 24.0. The molecule has 2 aromatic heterocycles. The predicted molar refractivity (Wildman–Crippen MR) is 96.9 cm³/mol. The SMILES string of the molecule is Nc1c(F)c(NCCCn2cc[nH]2)c2c3c1c(=O)c(C(=O)O)cn3CCO2. The number of nitrogen functional groups attached to an aromatic ring is 1. The number of carboxylic acid groups (broad SMARTS) is 1. The van der Waals surface area contributed by atoms with Crippen molar-refractivity contribution in [2.45, 2.75) is 19.5 Å². The molecule has 1 aliphatic rings. The Hall–Kier alpha value is -3.43. The minimum atomic E-state index is -1.38. The van der Waals surface area contributed by atoms with Crippen LogP contribution in [0.25, 0.3) is 10.9 Å². The van der Waals surface area contributed by atoms with Gasteiger partial charge in [-0.25, -0.2) is 9.18 Å². The smallest absolute Gasteiger partial charge is 0.341 e. The molecular weight excluding hydrogens is 357 g/mol. The Morgan fingerprint density at radius 1 is 1.48 bits per heavy atom. The molecular formula is C17H18FN5O4. The van der Waals surface area contributed by atoms with Gasteiger partial charge < -0.3 is 30.6 Å². The summed E-state index contributed by atoms with van der Waals surface area (Å²) in [4.78, 5) is 23.9. The molecule has 0 spiro atoms. The first-order valence-corrected chi connectivity index (χ1v) is 8.46. The number of ether oxygens (including phenoxy) is 1. The number of benzene rings is 1. The van der Waals surface area contributed by atoms with Gasteiger partial charge in [0.05, 0.1) is 23.1 Å². The largest absolute Gasteiger partial charge is 0.487 e. The van der Waals surface area contributed by atoms with Crippen LogP contribution in [-0.4, -0.2) is 38.6 Å². The summed E-state index contributed by atoms with van der Waals surface area (Å²) >= 11 is 0. The molecule has 142 valence electrons. The Labute approximate surface area is 152 Å². The van der Waals surface area contributed by atoms with E-state index in [-0.39, 0.29) is 29.1 Å². The highest BCUT2D eigenvalue weighted by Gasteiger charge is 2.28. The first kappa shape index (κ1) is 17.0. The second-order valence-electron chi connectivity index (χ2n) is 6.29. The van der Waals surface area contributed by atoms with E-state index >= 15 is 0 Å². The van der Waals surface area contributed by atoms with Crippen LogP contribution in [0.5, 0.6) is 5.75 Å². The standard InChI is InChI=1S/C17H18FN5O4/c18-11-12(19)10-14-16(13(11)20-2-1-4-23-5-3-21-23)27-7-6-22(14)8-9(15(10)24)17(25)26/h3,5,8,20-21H,1-2,4,6-7,19H2,(H,25,26). The average Bonchev–Trinajstić information content (AvgIpc) is 2.60. The Balaban J connectivity index is 1.79. The van der Waals surface area contributed by atoms with Crippen LogP contribution in [-0.2, 0) is 13.1 Å². The number of aryl methyl sites for hydroxylation is 1. The molecule has 3 heterocycles. The summed E-state index contributed by atoms with van der Waals surface area (Å²) in [7, 11) is 0. The van der Waals surface area contributed by atoms with Crippen molar-refractivity contribution in [1.82, 2.24) is 14.3 Å². The molecule has 0 saturated carbocycles. The van der Waals surface area contributed by atoms with E-state index in [4.69, 9.17) is 10.5 Å². The molecule has 3 aromatic rings. The molecule has 9 nitrogen and oxygen atoms in total. The molecule has 27 heavy (non-hydrogen) atoms. The first-order valence-electron chi connectivity index (χ1n) is 8.46. The minimum absolute atomic E-state index is 0.0861. The van der Waals surface area contributed by atoms with Crippen LogP contribution in [0.3, 0.4) is 0 Å². The monoisotopic (exact) mass is 375 g/mol. The van der Waals surface area contributed by atoms with Gasteiger partial charge in [-0.3, -0.25) is 9.48 Å². The van der Waals surface area contributed by atoms with Crippen LogP contribution in [0, 0.1) is 5.82 Å². The average molecular weight is 375 g/mol. The lowest BCUT2D eigenvalue weighted by atomic mass is 10.1. The third-order valence-electron chi connectivity index (χ3n) is 4.63. The van der Waals surface area contributed by atoms with E-state index in [0.717, 1.165) is 13.0 Å². The third-order valence-corrected chi connectivity index (χ3v) is 4.63. The number of hydrogen-bond donors (Lipinski definition) is 4. The minimum Gasteiger partial charge on any atom is -0.487 e. The number of pyridine rings is 1. The van der Waals surface area contributed by atoms with Gasteiger partial charge in [0.2, 0.25) is 5.43 Å². The lowest BCUT2D eigenvalue weighted by Gasteiger charge is -2.25. The molecule has 5 N–H and O–H groups in total. The van der Waals surface area contributed by atoms with Crippen molar-refractivity contribution < 1.29 is 19.0 Å². The third kappa shape index (κ3) is 2.69. The van der Waals surface area contributed by atoms with Crippen molar-refractivity contribution in [3.8, 4) is 5.75 Å². The molecule has 0 aliphatic carbocycles. The summed E-state index contributed by atoms with van der Waals surface area (Å²) in [6.07, 6.45) is 5.67. The summed E-state index contributed by atoms with van der Waals surface area (Å²) in [6.45, 7) is 1.75. The number of aromatic nitrogens is 3. The molecule has 0 fully saturated rings. The molecule has 0 amide bonds. The van der Waals surface area contributed by atoms with E-state index in [2.05, 4.69) is 10.4 Å². The van der Waals surface area contributed by atoms with E-state index in [0.29, 0.717) is 18.6 Å². The van der Waals surface area contributed by atoms with E-state index < -0.39 is 22.8 Å². The normalized spacial score (nSPS) is 12.9. The van der Waals surface area contributed by atoms with Crippen molar-refractivity contribution in [2.24, 2.45) is 0 Å². The van der Waals surface area contributed by atoms with Gasteiger partial charge in [0.15, 0.2) is 11.6 Å². The molecule has 0 atom stereocenters. The van der Waals surface area contributed by atoms with Crippen molar-refractivity contribution in [1.29, 1.82) is 0 Å². The molecule has 0 bridgehead atoms. The molecule has 0 unspecified atom stereocenters. The summed E-state index contributed by atoms with van der Waals surface area (Å²) in [5, 5.41) is 15.1. The number of H-pyrrole nitrogens is 1. The number of aromatic carboxylic acids is 1. The maximum atomic E-state index is 14.9. The zero-order chi connectivity index (χ0) is 19.1. The van der Waals surface area contributed by atoms with Crippen LogP contribution in [0.4, 0.5) is 15.8 Å². The van der Waals surface area contributed by atoms with Crippen LogP contribution in [0.15, 0.2) is 23.4 Å². The quantitative estimate of drug-likeness (QED) is 0.381. The zero-order valence-electron chi connectivity index (χ0n) is 14.3. The topological polar surface area (TPSA) is 127 Å². The van der Waals surface area contributed by atoms with Crippen LogP contribution in [0.2, 0.25) is 0 Å². The van der Waals surface area contributed by atoms with E-state index in [9.17, 15) is 19.1 Å². The molecule has 0 saturated heterocycles. The van der Waals surface area contributed by atoms with E-state index in [1.54, 1.807) is 10.8 Å². The van der Waals surface area contributed by atoms with Crippen LogP contribution < -0.4 is 21.2 Å². The number of nitrogens with zero attached hydrogens (tertiary/aromatic N) is 2.